The van der Waals surface area contributed by atoms with Crippen LogP contribution in [0, 0.1) is 0 Å². The highest BCUT2D eigenvalue weighted by atomic mass is 79.9. The predicted octanol–water partition coefficient (Wildman–Crippen LogP) is 2.81. The maximum Gasteiger partial charge on any atom is 0.243 e. The molecule has 0 atom stereocenters. The number of hydrogen-bond donors (Lipinski definition) is 2. The highest BCUT2D eigenvalue weighted by Crippen LogP contribution is 2.15. The summed E-state index contributed by atoms with van der Waals surface area (Å²) < 4.78 is 0.886. The lowest BCUT2D eigenvalue weighted by molar-refractivity contribution is -0.123. The van der Waals surface area contributed by atoms with Crippen LogP contribution >= 0.6 is 27.3 Å². The van der Waals surface area contributed by atoms with Crippen molar-refractivity contribution in [2.24, 2.45) is 0 Å². The number of hydrogen-bond acceptors (Lipinski definition) is 3. The zero-order chi connectivity index (χ0) is 14.4. The van der Waals surface area contributed by atoms with E-state index in [-0.39, 0.29) is 18.4 Å². The molecule has 2 aromatic rings. The van der Waals surface area contributed by atoms with Crippen molar-refractivity contribution >= 4 is 44.8 Å². The van der Waals surface area contributed by atoms with E-state index in [2.05, 4.69) is 26.6 Å². The van der Waals surface area contributed by atoms with E-state index in [9.17, 15) is 9.59 Å². The van der Waals surface area contributed by atoms with Gasteiger partial charge in [-0.3, -0.25) is 9.59 Å². The van der Waals surface area contributed by atoms with E-state index in [4.69, 9.17) is 0 Å². The van der Waals surface area contributed by atoms with Crippen LogP contribution in [0.3, 0.4) is 0 Å². The monoisotopic (exact) mass is 352 g/mol. The summed E-state index contributed by atoms with van der Waals surface area (Å²) in [4.78, 5) is 24.3. The van der Waals surface area contributed by atoms with Crippen LogP contribution in [-0.2, 0) is 16.0 Å². The molecule has 0 aliphatic rings. The molecule has 0 aliphatic carbocycles. The first kappa shape index (κ1) is 14.7. The van der Waals surface area contributed by atoms with Gasteiger partial charge in [0.1, 0.15) is 0 Å². The van der Waals surface area contributed by atoms with Gasteiger partial charge in [0, 0.05) is 15.0 Å². The number of amides is 2. The van der Waals surface area contributed by atoms with Gasteiger partial charge >= 0.3 is 0 Å². The third-order valence-corrected chi connectivity index (χ3v) is 3.84. The third-order valence-electron chi connectivity index (χ3n) is 2.47. The van der Waals surface area contributed by atoms with Gasteiger partial charge in [-0.2, -0.15) is 0 Å². The molecule has 0 saturated carbocycles. The summed E-state index contributed by atoms with van der Waals surface area (Å²) in [5, 5.41) is 7.23. The molecular weight excluding hydrogens is 340 g/mol. The molecule has 0 spiro atoms. The molecule has 2 amide bonds. The van der Waals surface area contributed by atoms with E-state index in [1.54, 1.807) is 12.1 Å². The maximum atomic E-state index is 11.7. The fourth-order valence-electron chi connectivity index (χ4n) is 1.58. The predicted molar refractivity (Wildman–Crippen MR) is 83.8 cm³/mol. The Labute approximate surface area is 129 Å². The van der Waals surface area contributed by atoms with Gasteiger partial charge < -0.3 is 10.6 Å². The number of thiophene rings is 1. The van der Waals surface area contributed by atoms with E-state index < -0.39 is 0 Å². The van der Waals surface area contributed by atoms with Crippen molar-refractivity contribution in [1.29, 1.82) is 0 Å². The standard InChI is InChI=1S/C14H13BrN2O2S/c15-10-3-1-4-11(7-10)17-14(19)9-16-13(18)8-12-5-2-6-20-12/h1-7H,8-9H2,(H,16,18)(H,17,19). The number of anilines is 1. The Bertz CT molecular complexity index is 599. The lowest BCUT2D eigenvalue weighted by atomic mass is 10.3. The second-order valence-corrected chi connectivity index (χ2v) is 6.04. The van der Waals surface area contributed by atoms with Gasteiger partial charge in [0.05, 0.1) is 13.0 Å². The van der Waals surface area contributed by atoms with Crippen LogP contribution in [-0.4, -0.2) is 18.4 Å². The van der Waals surface area contributed by atoms with Crippen LogP contribution in [0.2, 0.25) is 0 Å². The van der Waals surface area contributed by atoms with Crippen molar-refractivity contribution in [1.82, 2.24) is 5.32 Å². The minimum absolute atomic E-state index is 0.0310. The molecule has 1 heterocycles. The zero-order valence-electron chi connectivity index (χ0n) is 10.6. The van der Waals surface area contributed by atoms with Crippen molar-refractivity contribution in [2.45, 2.75) is 6.42 Å². The minimum Gasteiger partial charge on any atom is -0.347 e. The molecule has 0 aliphatic heterocycles. The average Bonchev–Trinajstić information content (AvgIpc) is 2.89. The summed E-state index contributed by atoms with van der Waals surface area (Å²) in [6.45, 7) is -0.0310. The number of carbonyl (C=O) groups is 2. The summed E-state index contributed by atoms with van der Waals surface area (Å²) in [7, 11) is 0. The first-order chi connectivity index (χ1) is 9.63. The summed E-state index contributed by atoms with van der Waals surface area (Å²) in [5.74, 6) is -0.403. The fourth-order valence-corrected chi connectivity index (χ4v) is 2.69. The molecule has 0 fully saturated rings. The first-order valence-electron chi connectivity index (χ1n) is 5.98. The quantitative estimate of drug-likeness (QED) is 0.869. The van der Waals surface area contributed by atoms with Gasteiger partial charge in [0.2, 0.25) is 11.8 Å². The summed E-state index contributed by atoms with van der Waals surface area (Å²) in [6.07, 6.45) is 0.307. The van der Waals surface area contributed by atoms with E-state index in [0.29, 0.717) is 12.1 Å². The Morgan fingerprint density at radius 2 is 2.00 bits per heavy atom. The fraction of sp³-hybridized carbons (Fsp3) is 0.143. The molecule has 6 heteroatoms. The second-order valence-electron chi connectivity index (χ2n) is 4.09. The molecule has 1 aromatic carbocycles. The SMILES string of the molecule is O=C(Cc1cccs1)NCC(=O)Nc1cccc(Br)c1. The summed E-state index contributed by atoms with van der Waals surface area (Å²) in [6, 6.07) is 11.1. The minimum atomic E-state index is -0.248. The van der Waals surface area contributed by atoms with Crippen molar-refractivity contribution in [2.75, 3.05) is 11.9 Å². The van der Waals surface area contributed by atoms with Crippen LogP contribution < -0.4 is 10.6 Å². The Hall–Kier alpha value is -1.66. The molecule has 4 nitrogen and oxygen atoms in total. The van der Waals surface area contributed by atoms with Gasteiger partial charge in [-0.25, -0.2) is 0 Å². The Kier molecular flexibility index (Phi) is 5.31. The topological polar surface area (TPSA) is 58.2 Å². The van der Waals surface area contributed by atoms with Crippen LogP contribution in [0.15, 0.2) is 46.3 Å². The number of carbonyl (C=O) groups excluding carboxylic acids is 2. The van der Waals surface area contributed by atoms with E-state index in [1.807, 2.05) is 29.6 Å². The summed E-state index contributed by atoms with van der Waals surface area (Å²) >= 11 is 4.85. The van der Waals surface area contributed by atoms with E-state index in [1.165, 1.54) is 11.3 Å². The molecule has 0 saturated heterocycles. The van der Waals surface area contributed by atoms with Crippen molar-refractivity contribution in [3.63, 3.8) is 0 Å². The first-order valence-corrected chi connectivity index (χ1v) is 7.65. The number of nitrogens with one attached hydrogen (secondary N) is 2. The van der Waals surface area contributed by atoms with E-state index >= 15 is 0 Å². The average molecular weight is 353 g/mol. The van der Waals surface area contributed by atoms with Crippen LogP contribution in [0.4, 0.5) is 5.69 Å². The third kappa shape index (κ3) is 4.79. The van der Waals surface area contributed by atoms with Crippen LogP contribution in [0.5, 0.6) is 0 Å². The Morgan fingerprint density at radius 1 is 1.15 bits per heavy atom. The van der Waals surface area contributed by atoms with Gasteiger partial charge in [-0.05, 0) is 29.6 Å². The van der Waals surface area contributed by atoms with Gasteiger partial charge in [-0.1, -0.05) is 28.1 Å². The number of rotatable bonds is 5. The normalized spacial score (nSPS) is 10.1. The Morgan fingerprint density at radius 3 is 2.70 bits per heavy atom. The van der Waals surface area contributed by atoms with Gasteiger partial charge in [0.15, 0.2) is 0 Å². The molecule has 1 aromatic heterocycles. The molecule has 2 N–H and O–H groups in total. The molecule has 0 bridgehead atoms. The lowest BCUT2D eigenvalue weighted by Gasteiger charge is -2.07. The maximum absolute atomic E-state index is 11.7. The molecule has 2 rings (SSSR count). The van der Waals surface area contributed by atoms with E-state index in [0.717, 1.165) is 9.35 Å². The highest BCUT2D eigenvalue weighted by molar-refractivity contribution is 9.10. The lowest BCUT2D eigenvalue weighted by Crippen LogP contribution is -2.33. The van der Waals surface area contributed by atoms with Crippen molar-refractivity contribution in [3.8, 4) is 0 Å². The van der Waals surface area contributed by atoms with Crippen LogP contribution in [0.25, 0.3) is 0 Å². The molecular formula is C14H13BrN2O2S. The van der Waals surface area contributed by atoms with Crippen LogP contribution in [0.1, 0.15) is 4.88 Å². The summed E-state index contributed by atoms with van der Waals surface area (Å²) in [5.41, 5.74) is 0.692. The largest absolute Gasteiger partial charge is 0.347 e. The van der Waals surface area contributed by atoms with Gasteiger partial charge in [0.25, 0.3) is 0 Å². The zero-order valence-corrected chi connectivity index (χ0v) is 13.0. The second kappa shape index (κ2) is 7.21. The highest BCUT2D eigenvalue weighted by Gasteiger charge is 2.07. The molecule has 0 radical (unpaired) electrons. The number of benzene rings is 1. The molecule has 104 valence electrons. The smallest absolute Gasteiger partial charge is 0.243 e. The number of halogens is 1. The molecule has 20 heavy (non-hydrogen) atoms. The van der Waals surface area contributed by atoms with Crippen molar-refractivity contribution < 1.29 is 9.59 Å². The van der Waals surface area contributed by atoms with Crippen molar-refractivity contribution in [3.05, 3.63) is 51.1 Å². The Balaban J connectivity index is 1.76. The molecule has 0 unspecified atom stereocenters. The van der Waals surface area contributed by atoms with Gasteiger partial charge in [-0.15, -0.1) is 11.3 Å².